The molecule has 0 atom stereocenters. The van der Waals surface area contributed by atoms with E-state index in [0.717, 1.165) is 26.3 Å². The Balaban J connectivity index is 1.48. The maximum atomic E-state index is 5.70. The molecule has 1 N–H and O–H groups in total. The minimum Gasteiger partial charge on any atom is -0.381 e. The zero-order chi connectivity index (χ0) is 17.5. The summed E-state index contributed by atoms with van der Waals surface area (Å²) in [5, 5.41) is 3.98. The van der Waals surface area contributed by atoms with E-state index in [4.69, 9.17) is 4.74 Å². The van der Waals surface area contributed by atoms with Crippen LogP contribution in [0, 0.1) is 0 Å². The van der Waals surface area contributed by atoms with E-state index < -0.39 is 0 Å². The lowest BCUT2D eigenvalue weighted by atomic mass is 9.85. The molecule has 0 aliphatic carbocycles. The molecule has 0 aromatic rings. The third kappa shape index (κ3) is 5.53. The minimum absolute atomic E-state index is 0.359. The van der Waals surface area contributed by atoms with Gasteiger partial charge in [0, 0.05) is 37.9 Å². The molecule has 0 radical (unpaired) electrons. The molecular weight excluding hydrogens is 310 g/mol. The molecule has 0 aromatic carbocycles. The van der Waals surface area contributed by atoms with Gasteiger partial charge in [0.15, 0.2) is 0 Å². The second-order valence-corrected chi connectivity index (χ2v) is 8.62. The summed E-state index contributed by atoms with van der Waals surface area (Å²) >= 11 is 0. The highest BCUT2D eigenvalue weighted by Gasteiger charge is 2.39. The van der Waals surface area contributed by atoms with Gasteiger partial charge in [0.1, 0.15) is 0 Å². The summed E-state index contributed by atoms with van der Waals surface area (Å²) in [6, 6.07) is 0.701. The van der Waals surface area contributed by atoms with E-state index in [1.807, 2.05) is 0 Å². The number of hydrogen-bond acceptors (Lipinski definition) is 4. The molecule has 0 spiro atoms. The third-order valence-corrected chi connectivity index (χ3v) is 6.52. The van der Waals surface area contributed by atoms with E-state index >= 15 is 0 Å². The first-order valence-corrected chi connectivity index (χ1v) is 10.6. The van der Waals surface area contributed by atoms with Crippen LogP contribution in [0.4, 0.5) is 0 Å². The van der Waals surface area contributed by atoms with Gasteiger partial charge in [0.05, 0.1) is 0 Å². The van der Waals surface area contributed by atoms with Crippen LogP contribution >= 0.6 is 0 Å². The predicted octanol–water partition coefficient (Wildman–Crippen LogP) is 3.04. The zero-order valence-electron chi connectivity index (χ0n) is 16.6. The Morgan fingerprint density at radius 2 is 1.72 bits per heavy atom. The Kier molecular flexibility index (Phi) is 7.35. The number of piperidine rings is 2. The van der Waals surface area contributed by atoms with Crippen LogP contribution in [0.15, 0.2) is 11.6 Å². The highest BCUT2D eigenvalue weighted by atomic mass is 16.5. The quantitative estimate of drug-likeness (QED) is 0.746. The molecule has 3 aliphatic rings. The highest BCUT2D eigenvalue weighted by molar-refractivity contribution is 4.98. The van der Waals surface area contributed by atoms with Gasteiger partial charge in [0.25, 0.3) is 0 Å². The van der Waals surface area contributed by atoms with E-state index in [-0.39, 0.29) is 0 Å². The van der Waals surface area contributed by atoms with Crippen molar-refractivity contribution in [2.24, 2.45) is 0 Å². The predicted molar refractivity (Wildman–Crippen MR) is 105 cm³/mol. The Morgan fingerprint density at radius 1 is 1.04 bits per heavy atom. The van der Waals surface area contributed by atoms with Gasteiger partial charge in [-0.25, -0.2) is 0 Å². The highest BCUT2D eigenvalue weighted by Crippen LogP contribution is 2.30. The molecule has 0 saturated carbocycles. The smallest absolute Gasteiger partial charge is 0.0484 e. The number of nitrogens with zero attached hydrogens (tertiary/aromatic N) is 2. The first kappa shape index (κ1) is 19.3. The fourth-order valence-corrected chi connectivity index (χ4v) is 4.69. The van der Waals surface area contributed by atoms with E-state index in [1.54, 1.807) is 0 Å². The van der Waals surface area contributed by atoms with Gasteiger partial charge in [-0.05, 0) is 78.6 Å². The van der Waals surface area contributed by atoms with Crippen molar-refractivity contribution in [3.05, 3.63) is 11.6 Å². The maximum Gasteiger partial charge on any atom is 0.0484 e. The van der Waals surface area contributed by atoms with Crippen molar-refractivity contribution in [1.29, 1.82) is 0 Å². The van der Waals surface area contributed by atoms with Crippen LogP contribution in [0.2, 0.25) is 0 Å². The van der Waals surface area contributed by atoms with Crippen molar-refractivity contribution in [3.63, 3.8) is 0 Å². The molecule has 3 heterocycles. The van der Waals surface area contributed by atoms with Crippen LogP contribution < -0.4 is 5.32 Å². The van der Waals surface area contributed by atoms with Gasteiger partial charge < -0.3 is 10.1 Å². The van der Waals surface area contributed by atoms with E-state index in [2.05, 4.69) is 35.0 Å². The minimum atomic E-state index is 0.359. The number of allylic oxidation sites excluding steroid dienone is 1. The van der Waals surface area contributed by atoms with Crippen molar-refractivity contribution in [3.8, 4) is 0 Å². The Labute approximate surface area is 155 Å². The molecule has 4 heteroatoms. The molecule has 4 nitrogen and oxygen atoms in total. The van der Waals surface area contributed by atoms with Crippen molar-refractivity contribution in [1.82, 2.24) is 15.1 Å². The average Bonchev–Trinajstić information content (AvgIpc) is 2.67. The van der Waals surface area contributed by atoms with Crippen molar-refractivity contribution in [2.75, 3.05) is 52.5 Å². The lowest BCUT2D eigenvalue weighted by molar-refractivity contribution is -0.0375. The summed E-state index contributed by atoms with van der Waals surface area (Å²) in [6.45, 7) is 13.6. The molecular formula is C21H39N3O. The van der Waals surface area contributed by atoms with E-state index in [0.29, 0.717) is 11.6 Å². The summed E-state index contributed by atoms with van der Waals surface area (Å²) in [5.41, 5.74) is 1.79. The molecule has 3 saturated heterocycles. The fraction of sp³-hybridized carbons (Fsp3) is 0.905. The average molecular weight is 350 g/mol. The van der Waals surface area contributed by atoms with Gasteiger partial charge in [0.2, 0.25) is 0 Å². The fourth-order valence-electron chi connectivity index (χ4n) is 4.69. The molecule has 3 rings (SSSR count). The largest absolute Gasteiger partial charge is 0.381 e. The van der Waals surface area contributed by atoms with Gasteiger partial charge in [-0.3, -0.25) is 9.80 Å². The second-order valence-electron chi connectivity index (χ2n) is 8.62. The number of nitrogens with one attached hydrogen (secondary N) is 1. The summed E-state index contributed by atoms with van der Waals surface area (Å²) in [6.07, 6.45) is 11.5. The van der Waals surface area contributed by atoms with Crippen LogP contribution in [-0.4, -0.2) is 73.9 Å². The second kappa shape index (κ2) is 9.50. The van der Waals surface area contributed by atoms with Gasteiger partial charge >= 0.3 is 0 Å². The normalized spacial score (nSPS) is 26.5. The summed E-state index contributed by atoms with van der Waals surface area (Å²) < 4.78 is 5.70. The number of rotatable bonds is 6. The van der Waals surface area contributed by atoms with Gasteiger partial charge in [-0.1, -0.05) is 18.1 Å². The molecule has 0 unspecified atom stereocenters. The number of hydrogen-bond donors (Lipinski definition) is 1. The Bertz CT molecular complexity index is 413. The Morgan fingerprint density at radius 3 is 2.36 bits per heavy atom. The molecule has 3 aliphatic heterocycles. The van der Waals surface area contributed by atoms with Crippen LogP contribution in [0.1, 0.15) is 58.8 Å². The molecule has 0 bridgehead atoms. The molecule has 25 heavy (non-hydrogen) atoms. The first-order chi connectivity index (χ1) is 12.2. The van der Waals surface area contributed by atoms with Crippen LogP contribution in [0.25, 0.3) is 0 Å². The lowest BCUT2D eigenvalue weighted by Crippen LogP contribution is -2.60. The Hall–Kier alpha value is -0.420. The first-order valence-electron chi connectivity index (χ1n) is 10.6. The summed E-state index contributed by atoms with van der Waals surface area (Å²) in [7, 11) is 0. The van der Waals surface area contributed by atoms with Crippen LogP contribution in [0.5, 0.6) is 0 Å². The molecule has 0 aromatic heterocycles. The van der Waals surface area contributed by atoms with Crippen molar-refractivity contribution in [2.45, 2.75) is 70.4 Å². The monoisotopic (exact) mass is 349 g/mol. The summed E-state index contributed by atoms with van der Waals surface area (Å²) in [4.78, 5) is 5.40. The molecule has 144 valence electrons. The molecule has 3 fully saturated rings. The number of likely N-dealkylation sites (tertiary alicyclic amines) is 2. The van der Waals surface area contributed by atoms with Crippen molar-refractivity contribution < 1.29 is 4.74 Å². The van der Waals surface area contributed by atoms with Crippen LogP contribution in [-0.2, 0) is 4.74 Å². The molecule has 0 amide bonds. The standard InChI is InChI=1S/C21H39N3O/c1-19(2)6-13-23-14-7-20(8-15-23)22-18-21(9-16-25-17-10-21)24-11-4-3-5-12-24/h6,20,22H,3-5,7-18H2,1-2H3. The van der Waals surface area contributed by atoms with Gasteiger partial charge in [-0.15, -0.1) is 0 Å². The van der Waals surface area contributed by atoms with Gasteiger partial charge in [-0.2, -0.15) is 0 Å². The third-order valence-electron chi connectivity index (χ3n) is 6.52. The maximum absolute atomic E-state index is 5.70. The van der Waals surface area contributed by atoms with E-state index in [1.165, 1.54) is 76.7 Å². The topological polar surface area (TPSA) is 27.7 Å². The van der Waals surface area contributed by atoms with E-state index in [9.17, 15) is 0 Å². The lowest BCUT2D eigenvalue weighted by Gasteiger charge is -2.49. The SMILES string of the molecule is CC(C)=CCN1CCC(NCC2(N3CCCCC3)CCOCC2)CC1. The van der Waals surface area contributed by atoms with Crippen molar-refractivity contribution >= 4 is 0 Å². The van der Waals surface area contributed by atoms with Crippen LogP contribution in [0.3, 0.4) is 0 Å². The number of ether oxygens (including phenoxy) is 1. The summed E-state index contributed by atoms with van der Waals surface area (Å²) in [5.74, 6) is 0. The zero-order valence-corrected chi connectivity index (χ0v) is 16.6.